The van der Waals surface area contributed by atoms with Crippen LogP contribution in [-0.2, 0) is 15.3 Å². The van der Waals surface area contributed by atoms with Gasteiger partial charge >= 0.3 is 5.97 Å². The maximum absolute atomic E-state index is 11.7. The summed E-state index contributed by atoms with van der Waals surface area (Å²) in [5.74, 6) is 0.731. The number of pyridine rings is 1. The molecule has 1 amide bonds. The van der Waals surface area contributed by atoms with Crippen LogP contribution in [0.2, 0.25) is 5.15 Å². The molecule has 0 fully saturated rings. The van der Waals surface area contributed by atoms with E-state index >= 15 is 0 Å². The fraction of sp³-hybridized carbons (Fsp3) is 0.267. The quantitative estimate of drug-likeness (QED) is 0.439. The second-order valence-electron chi connectivity index (χ2n) is 4.40. The van der Waals surface area contributed by atoms with Crippen molar-refractivity contribution >= 4 is 46.6 Å². The number of esters is 1. The number of rotatable bonds is 8. The molecule has 0 saturated carbocycles. The number of amides is 1. The van der Waals surface area contributed by atoms with E-state index in [1.807, 2.05) is 11.4 Å². The van der Waals surface area contributed by atoms with Gasteiger partial charge in [-0.25, -0.2) is 9.78 Å². The topological polar surface area (TPSA) is 68.3 Å². The zero-order chi connectivity index (χ0) is 16.5. The first-order valence-corrected chi connectivity index (χ1v) is 9.22. The molecule has 2 heterocycles. The Hall–Kier alpha value is -1.57. The predicted octanol–water partition coefficient (Wildman–Crippen LogP) is 3.00. The van der Waals surface area contributed by atoms with Crippen molar-refractivity contribution in [2.75, 3.05) is 18.9 Å². The lowest BCUT2D eigenvalue weighted by Gasteiger charge is -2.07. The van der Waals surface area contributed by atoms with Crippen LogP contribution in [0.5, 0.6) is 0 Å². The summed E-state index contributed by atoms with van der Waals surface area (Å²) in [6.45, 7) is 0.194. The molecule has 0 saturated heterocycles. The van der Waals surface area contributed by atoms with Crippen molar-refractivity contribution in [2.24, 2.45) is 0 Å². The first-order valence-electron chi connectivity index (χ1n) is 6.81. The number of ether oxygens (including phenoxy) is 1. The van der Waals surface area contributed by atoms with Crippen molar-refractivity contribution in [1.82, 2.24) is 10.3 Å². The number of nitrogens with one attached hydrogen (secondary N) is 1. The van der Waals surface area contributed by atoms with Crippen LogP contribution in [0.15, 0.2) is 35.8 Å². The van der Waals surface area contributed by atoms with Gasteiger partial charge in [0, 0.05) is 29.1 Å². The van der Waals surface area contributed by atoms with Gasteiger partial charge in [0.05, 0.1) is 5.56 Å². The summed E-state index contributed by atoms with van der Waals surface area (Å²) in [6.07, 6.45) is 1.47. The van der Waals surface area contributed by atoms with Crippen LogP contribution in [0.3, 0.4) is 0 Å². The molecule has 122 valence electrons. The lowest BCUT2D eigenvalue weighted by molar-refractivity contribution is -0.124. The Kier molecular flexibility index (Phi) is 7.38. The van der Waals surface area contributed by atoms with Gasteiger partial charge in [0.1, 0.15) is 5.15 Å². The molecule has 0 aliphatic carbocycles. The van der Waals surface area contributed by atoms with Crippen molar-refractivity contribution in [2.45, 2.75) is 5.75 Å². The largest absolute Gasteiger partial charge is 0.452 e. The third-order valence-corrected chi connectivity index (χ3v) is 5.07. The smallest absolute Gasteiger partial charge is 0.341 e. The standard InChI is InChI=1S/C15H15ClN2O3S2/c16-14-12(4-1-5-18-14)15(20)21-9-13(19)17-6-8-22-10-11-3-2-7-23-11/h1-5,7H,6,8-10H2,(H,17,19). The van der Waals surface area contributed by atoms with Crippen LogP contribution in [0.1, 0.15) is 15.2 Å². The van der Waals surface area contributed by atoms with E-state index in [1.165, 1.54) is 17.1 Å². The van der Waals surface area contributed by atoms with Crippen molar-refractivity contribution < 1.29 is 14.3 Å². The maximum Gasteiger partial charge on any atom is 0.341 e. The molecule has 0 spiro atoms. The van der Waals surface area contributed by atoms with Crippen molar-refractivity contribution in [3.05, 3.63) is 51.4 Å². The van der Waals surface area contributed by atoms with Crippen molar-refractivity contribution in [1.29, 1.82) is 0 Å². The SMILES string of the molecule is O=C(COC(=O)c1cccnc1Cl)NCCSCc1cccs1. The Morgan fingerprint density at radius 2 is 2.22 bits per heavy atom. The van der Waals surface area contributed by atoms with Crippen molar-refractivity contribution in [3.8, 4) is 0 Å². The first-order chi connectivity index (χ1) is 11.2. The Labute approximate surface area is 147 Å². The van der Waals surface area contributed by atoms with Gasteiger partial charge in [-0.15, -0.1) is 11.3 Å². The molecule has 0 radical (unpaired) electrons. The summed E-state index contributed by atoms with van der Waals surface area (Å²) in [7, 11) is 0. The minimum atomic E-state index is -0.662. The summed E-state index contributed by atoms with van der Waals surface area (Å²) in [4.78, 5) is 28.4. The van der Waals surface area contributed by atoms with E-state index in [2.05, 4.69) is 16.4 Å². The summed E-state index contributed by atoms with van der Waals surface area (Å²) in [5, 5.41) is 4.80. The minimum Gasteiger partial charge on any atom is -0.452 e. The number of hydrogen-bond acceptors (Lipinski definition) is 6. The van der Waals surface area contributed by atoms with Gasteiger partial charge in [-0.1, -0.05) is 17.7 Å². The third kappa shape index (κ3) is 6.21. The highest BCUT2D eigenvalue weighted by Crippen LogP contribution is 2.16. The highest BCUT2D eigenvalue weighted by Gasteiger charge is 2.13. The summed E-state index contributed by atoms with van der Waals surface area (Å²) in [6, 6.07) is 7.18. The van der Waals surface area contributed by atoms with Crippen LogP contribution < -0.4 is 5.32 Å². The van der Waals surface area contributed by atoms with Crippen LogP contribution in [0, 0.1) is 0 Å². The normalized spacial score (nSPS) is 10.3. The second-order valence-corrected chi connectivity index (χ2v) is 6.90. The van der Waals surface area contributed by atoms with Crippen LogP contribution >= 0.6 is 34.7 Å². The summed E-state index contributed by atoms with van der Waals surface area (Å²) in [5.41, 5.74) is 0.147. The molecule has 23 heavy (non-hydrogen) atoms. The highest BCUT2D eigenvalue weighted by atomic mass is 35.5. The maximum atomic E-state index is 11.7. The number of nitrogens with zero attached hydrogens (tertiary/aromatic N) is 1. The molecule has 0 aliphatic rings. The van der Waals surface area contributed by atoms with E-state index in [-0.39, 0.29) is 23.2 Å². The minimum absolute atomic E-state index is 0.0582. The number of carbonyl (C=O) groups is 2. The van der Waals surface area contributed by atoms with Gasteiger partial charge in [0.15, 0.2) is 6.61 Å². The first kappa shape index (κ1) is 17.8. The lowest BCUT2D eigenvalue weighted by Crippen LogP contribution is -2.30. The van der Waals surface area contributed by atoms with Crippen LogP contribution in [0.25, 0.3) is 0 Å². The molecule has 1 N–H and O–H groups in total. The zero-order valence-electron chi connectivity index (χ0n) is 12.2. The van der Waals surface area contributed by atoms with E-state index in [1.54, 1.807) is 29.2 Å². The Balaban J connectivity index is 1.60. The molecule has 8 heteroatoms. The Morgan fingerprint density at radius 1 is 1.35 bits per heavy atom. The summed E-state index contributed by atoms with van der Waals surface area (Å²) < 4.78 is 4.91. The lowest BCUT2D eigenvalue weighted by atomic mass is 10.3. The number of hydrogen-bond donors (Lipinski definition) is 1. The monoisotopic (exact) mass is 370 g/mol. The molecule has 0 aliphatic heterocycles. The number of thiophene rings is 1. The van der Waals surface area contributed by atoms with Crippen LogP contribution in [-0.4, -0.2) is 35.8 Å². The number of aromatic nitrogens is 1. The van der Waals surface area contributed by atoms with Gasteiger partial charge in [-0.2, -0.15) is 11.8 Å². The number of thioether (sulfide) groups is 1. The molecule has 0 bridgehead atoms. The number of halogens is 1. The zero-order valence-corrected chi connectivity index (χ0v) is 14.5. The molecule has 0 unspecified atom stereocenters. The van der Waals surface area contributed by atoms with Crippen LogP contribution in [0.4, 0.5) is 0 Å². The van der Waals surface area contributed by atoms with Crippen molar-refractivity contribution in [3.63, 3.8) is 0 Å². The highest BCUT2D eigenvalue weighted by molar-refractivity contribution is 7.98. The van der Waals surface area contributed by atoms with Gasteiger partial charge in [-0.05, 0) is 23.6 Å². The summed E-state index contributed by atoms with van der Waals surface area (Å²) >= 11 is 9.24. The Morgan fingerprint density at radius 3 is 2.96 bits per heavy atom. The fourth-order valence-corrected chi connectivity index (χ4v) is 3.52. The van der Waals surface area contributed by atoms with E-state index in [0.29, 0.717) is 6.54 Å². The molecule has 2 aromatic rings. The van der Waals surface area contributed by atoms with Gasteiger partial charge in [0.2, 0.25) is 0 Å². The third-order valence-electron chi connectivity index (χ3n) is 2.71. The van der Waals surface area contributed by atoms with Gasteiger partial charge in [0.25, 0.3) is 5.91 Å². The molecule has 0 atom stereocenters. The average molecular weight is 371 g/mol. The fourth-order valence-electron chi connectivity index (χ4n) is 1.63. The van der Waals surface area contributed by atoms with Gasteiger partial charge < -0.3 is 10.1 Å². The molecule has 2 aromatic heterocycles. The molecule has 0 aromatic carbocycles. The van der Waals surface area contributed by atoms with E-state index in [9.17, 15) is 9.59 Å². The second kappa shape index (κ2) is 9.54. The average Bonchev–Trinajstić information content (AvgIpc) is 3.06. The number of carbonyl (C=O) groups excluding carboxylic acids is 2. The van der Waals surface area contributed by atoms with E-state index in [4.69, 9.17) is 16.3 Å². The molecule has 5 nitrogen and oxygen atoms in total. The predicted molar refractivity (Wildman–Crippen MR) is 93.0 cm³/mol. The van der Waals surface area contributed by atoms with E-state index in [0.717, 1.165) is 11.5 Å². The van der Waals surface area contributed by atoms with Gasteiger partial charge in [-0.3, -0.25) is 4.79 Å². The molecule has 2 rings (SSSR count). The van der Waals surface area contributed by atoms with E-state index < -0.39 is 5.97 Å². The Bertz CT molecular complexity index is 650. The molecular weight excluding hydrogens is 356 g/mol. The molecular formula is C15H15ClN2O3S2.